The number of aryl methyl sites for hydroxylation is 1. The van der Waals surface area contributed by atoms with Crippen LogP contribution in [-0.2, 0) is 25.5 Å². The minimum Gasteiger partial charge on any atom is -0.481 e. The Morgan fingerprint density at radius 3 is 2.21 bits per heavy atom. The van der Waals surface area contributed by atoms with Gasteiger partial charge in [0.25, 0.3) is 5.91 Å². The fraction of sp³-hybridized carbons (Fsp3) is 0.581. The van der Waals surface area contributed by atoms with Crippen molar-refractivity contribution < 1.29 is 33.8 Å². The fourth-order valence-corrected chi connectivity index (χ4v) is 5.57. The Kier molecular flexibility index (Phi) is 12.5. The van der Waals surface area contributed by atoms with Crippen molar-refractivity contribution in [1.29, 1.82) is 0 Å². The molecule has 1 aromatic heterocycles. The van der Waals surface area contributed by atoms with Gasteiger partial charge in [0.2, 0.25) is 0 Å². The summed E-state index contributed by atoms with van der Waals surface area (Å²) in [7, 11) is 1.65. The maximum Gasteiger partial charge on any atom is 0.410 e. The van der Waals surface area contributed by atoms with Crippen LogP contribution in [0.3, 0.4) is 0 Å². The summed E-state index contributed by atoms with van der Waals surface area (Å²) in [5, 5.41) is 12.9. The number of hydrogen-bond donors (Lipinski definition) is 2. The number of amides is 2. The van der Waals surface area contributed by atoms with Crippen LogP contribution < -0.4 is 5.32 Å². The van der Waals surface area contributed by atoms with Crippen LogP contribution in [0.15, 0.2) is 30.3 Å². The lowest BCUT2D eigenvalue weighted by molar-refractivity contribution is -0.148. The van der Waals surface area contributed by atoms with Crippen LogP contribution in [0.4, 0.5) is 4.79 Å². The summed E-state index contributed by atoms with van der Waals surface area (Å²) in [6, 6.07) is 8.76. The Bertz CT molecular complexity index is 1220. The van der Waals surface area contributed by atoms with Gasteiger partial charge >= 0.3 is 18.0 Å². The van der Waals surface area contributed by atoms with E-state index in [1.165, 1.54) is 23.2 Å². The summed E-state index contributed by atoms with van der Waals surface area (Å²) in [4.78, 5) is 56.7. The van der Waals surface area contributed by atoms with Crippen LogP contribution in [0.5, 0.6) is 0 Å². The number of esters is 1. The van der Waals surface area contributed by atoms with Gasteiger partial charge in [0.1, 0.15) is 16.3 Å². The van der Waals surface area contributed by atoms with E-state index >= 15 is 0 Å². The highest BCUT2D eigenvalue weighted by Gasteiger charge is 2.33. The number of benzene rings is 1. The molecule has 0 unspecified atom stereocenters. The number of nitrogens with zero attached hydrogens (tertiary/aromatic N) is 2. The molecule has 0 saturated carbocycles. The van der Waals surface area contributed by atoms with Gasteiger partial charge in [-0.15, -0.1) is 11.3 Å². The van der Waals surface area contributed by atoms with Crippen molar-refractivity contribution in [1.82, 2.24) is 15.2 Å². The maximum atomic E-state index is 13.4. The Morgan fingerprint density at radius 1 is 1.07 bits per heavy atom. The van der Waals surface area contributed by atoms with Gasteiger partial charge in [0.05, 0.1) is 5.92 Å². The molecule has 2 rings (SSSR count). The zero-order chi connectivity index (χ0) is 31.8. The number of rotatable bonds is 13. The highest BCUT2D eigenvalue weighted by atomic mass is 32.1. The quantitative estimate of drug-likeness (QED) is 0.275. The summed E-state index contributed by atoms with van der Waals surface area (Å²) in [5.41, 5.74) is 0.493. The first kappa shape index (κ1) is 34.7. The predicted octanol–water partition coefficient (Wildman–Crippen LogP) is 5.79. The first-order chi connectivity index (χ1) is 19.5. The van der Waals surface area contributed by atoms with Gasteiger partial charge in [-0.1, -0.05) is 51.1 Å². The summed E-state index contributed by atoms with van der Waals surface area (Å²) >= 11 is 1.25. The lowest BCUT2D eigenvalue weighted by atomic mass is 9.96. The zero-order valence-corrected chi connectivity index (χ0v) is 26.9. The molecule has 0 saturated heterocycles. The monoisotopic (exact) mass is 603 g/mol. The van der Waals surface area contributed by atoms with Gasteiger partial charge in [-0.05, 0) is 52.0 Å². The van der Waals surface area contributed by atoms with E-state index in [1.54, 1.807) is 41.7 Å². The average molecular weight is 604 g/mol. The zero-order valence-electron chi connectivity index (χ0n) is 26.1. The normalized spacial score (nSPS) is 14.4. The number of thiazole rings is 1. The topological polar surface area (TPSA) is 135 Å². The van der Waals surface area contributed by atoms with Gasteiger partial charge in [-0.25, -0.2) is 9.78 Å². The second-order valence-electron chi connectivity index (χ2n) is 12.0. The van der Waals surface area contributed by atoms with E-state index in [2.05, 4.69) is 10.3 Å². The lowest BCUT2D eigenvalue weighted by Crippen LogP contribution is -2.44. The molecule has 2 N–H and O–H groups in total. The number of aromatic nitrogens is 1. The Morgan fingerprint density at radius 2 is 1.69 bits per heavy atom. The molecule has 0 bridgehead atoms. The van der Waals surface area contributed by atoms with E-state index in [0.29, 0.717) is 16.3 Å². The molecule has 1 heterocycles. The highest BCUT2D eigenvalue weighted by molar-refractivity contribution is 7.12. The third-order valence-electron chi connectivity index (χ3n) is 6.74. The van der Waals surface area contributed by atoms with Crippen molar-refractivity contribution in [2.24, 2.45) is 11.8 Å². The molecule has 2 aromatic rings. The van der Waals surface area contributed by atoms with E-state index in [0.717, 1.165) is 5.56 Å². The lowest BCUT2D eigenvalue weighted by Gasteiger charge is -2.34. The molecule has 0 aliphatic carbocycles. The van der Waals surface area contributed by atoms with Crippen molar-refractivity contribution in [3.63, 3.8) is 0 Å². The highest BCUT2D eigenvalue weighted by Crippen LogP contribution is 2.33. The van der Waals surface area contributed by atoms with Crippen molar-refractivity contribution in [2.45, 2.75) is 98.4 Å². The Labute approximate surface area is 252 Å². The summed E-state index contributed by atoms with van der Waals surface area (Å²) < 4.78 is 11.2. The largest absolute Gasteiger partial charge is 0.481 e. The van der Waals surface area contributed by atoms with Gasteiger partial charge in [0, 0.05) is 37.4 Å². The number of carboxylic acid groups (broad SMARTS) is 1. The van der Waals surface area contributed by atoms with E-state index in [-0.39, 0.29) is 30.5 Å². The predicted molar refractivity (Wildman–Crippen MR) is 161 cm³/mol. The molecule has 2 amide bonds. The number of carbonyl (C=O) groups is 4. The van der Waals surface area contributed by atoms with Gasteiger partial charge in [0.15, 0.2) is 6.10 Å². The molecule has 232 valence electrons. The van der Waals surface area contributed by atoms with Gasteiger partial charge < -0.3 is 24.8 Å². The molecule has 0 spiro atoms. The SMILES string of the molecule is CC(=O)O[C@H](C[C@@H](C(C)C)N(C)C(=O)OC(C)(C)C)c1nc(C(=O)N[C@H](Cc2ccccc2)C[C@H](C)C(=O)O)c(C)s1. The molecule has 4 atom stereocenters. The number of aliphatic carboxylic acids is 1. The third-order valence-corrected chi connectivity index (χ3v) is 7.80. The molecule has 1 aromatic carbocycles. The molecule has 0 radical (unpaired) electrons. The summed E-state index contributed by atoms with van der Waals surface area (Å²) in [6.07, 6.45) is -0.317. The third kappa shape index (κ3) is 10.7. The van der Waals surface area contributed by atoms with Crippen LogP contribution in [0, 0.1) is 18.8 Å². The minimum absolute atomic E-state index is 0.000579. The summed E-state index contributed by atoms with van der Waals surface area (Å²) in [5.74, 6) is -2.53. The number of carboxylic acids is 1. The van der Waals surface area contributed by atoms with E-state index in [4.69, 9.17) is 9.47 Å². The molecule has 10 nitrogen and oxygen atoms in total. The standard InChI is InChI=1S/C31H45N3O7S/c1-18(2)24(34(9)30(39)41-31(6,7)8)17-25(40-21(5)35)28-33-26(20(4)42-28)27(36)32-23(15-19(3)29(37)38)16-22-13-11-10-12-14-22/h10-14,18-19,23-25H,15-17H2,1-9H3,(H,32,36)(H,37,38)/t19-,23-,24-,25+/m0/s1. The van der Waals surface area contributed by atoms with E-state index in [1.807, 2.05) is 44.2 Å². The number of nitrogens with one attached hydrogen (secondary N) is 1. The molecule has 11 heteroatoms. The average Bonchev–Trinajstić information content (AvgIpc) is 3.26. The second-order valence-corrected chi connectivity index (χ2v) is 13.3. The molecular formula is C31H45N3O7S. The van der Waals surface area contributed by atoms with Crippen molar-refractivity contribution in [3.8, 4) is 0 Å². The Hall–Kier alpha value is -3.47. The van der Waals surface area contributed by atoms with Crippen molar-refractivity contribution in [2.75, 3.05) is 7.05 Å². The van der Waals surface area contributed by atoms with Gasteiger partial charge in [-0.3, -0.25) is 14.4 Å². The van der Waals surface area contributed by atoms with Crippen LogP contribution in [-0.4, -0.2) is 63.7 Å². The van der Waals surface area contributed by atoms with Crippen molar-refractivity contribution >= 4 is 35.3 Å². The molecule has 0 aliphatic rings. The first-order valence-corrected chi connectivity index (χ1v) is 15.0. The van der Waals surface area contributed by atoms with Crippen LogP contribution in [0.1, 0.15) is 93.3 Å². The van der Waals surface area contributed by atoms with Gasteiger partial charge in [-0.2, -0.15) is 0 Å². The van der Waals surface area contributed by atoms with Crippen LogP contribution >= 0.6 is 11.3 Å². The van der Waals surface area contributed by atoms with E-state index in [9.17, 15) is 24.3 Å². The molecule has 0 aliphatic heterocycles. The number of hydrogen-bond acceptors (Lipinski definition) is 8. The number of ether oxygens (including phenoxy) is 2. The van der Waals surface area contributed by atoms with Crippen LogP contribution in [0.25, 0.3) is 0 Å². The Balaban J connectivity index is 2.32. The minimum atomic E-state index is -0.935. The first-order valence-electron chi connectivity index (χ1n) is 14.2. The van der Waals surface area contributed by atoms with E-state index < -0.39 is 47.6 Å². The van der Waals surface area contributed by atoms with Crippen LogP contribution in [0.2, 0.25) is 0 Å². The smallest absolute Gasteiger partial charge is 0.410 e. The maximum absolute atomic E-state index is 13.4. The summed E-state index contributed by atoms with van der Waals surface area (Å²) in [6.45, 7) is 14.0. The molecular weight excluding hydrogens is 558 g/mol. The van der Waals surface area contributed by atoms with Crippen molar-refractivity contribution in [3.05, 3.63) is 51.5 Å². The second kappa shape index (κ2) is 15.1. The molecule has 0 fully saturated rings. The molecule has 42 heavy (non-hydrogen) atoms. The number of carbonyl (C=O) groups excluding carboxylic acids is 3. The fourth-order valence-electron chi connectivity index (χ4n) is 4.60.